The van der Waals surface area contributed by atoms with Gasteiger partial charge in [0, 0.05) is 41.8 Å². The van der Waals surface area contributed by atoms with Gasteiger partial charge in [-0.15, -0.1) is 0 Å². The molecule has 0 bridgehead atoms. The Morgan fingerprint density at radius 2 is 1.94 bits per heavy atom. The molecule has 0 saturated carbocycles. The van der Waals surface area contributed by atoms with Crippen molar-refractivity contribution in [2.45, 2.75) is 13.5 Å². The number of nitrogens with one attached hydrogen (secondary N) is 2. The fourth-order valence-electron chi connectivity index (χ4n) is 3.46. The third kappa shape index (κ3) is 4.78. The Bertz CT molecular complexity index is 1420. The zero-order chi connectivity index (χ0) is 23.4. The lowest BCUT2D eigenvalue weighted by atomic mass is 9.99. The van der Waals surface area contributed by atoms with E-state index in [9.17, 15) is 9.59 Å². The largest absolute Gasteiger partial charge is 0.398 e. The van der Waals surface area contributed by atoms with Gasteiger partial charge in [-0.2, -0.15) is 5.26 Å². The molecule has 8 nitrogen and oxygen atoms in total. The van der Waals surface area contributed by atoms with Crippen LogP contribution < -0.4 is 16.4 Å². The van der Waals surface area contributed by atoms with Crippen molar-refractivity contribution >= 4 is 34.1 Å². The van der Waals surface area contributed by atoms with Crippen LogP contribution in [0.4, 0.5) is 11.5 Å². The number of hydrogen-bond acceptors (Lipinski definition) is 6. The van der Waals surface area contributed by atoms with Crippen molar-refractivity contribution in [3.63, 3.8) is 0 Å². The monoisotopic (exact) mass is 436 g/mol. The maximum absolute atomic E-state index is 12.3. The molecular weight excluding hydrogens is 416 g/mol. The van der Waals surface area contributed by atoms with Crippen LogP contribution in [0, 0.1) is 18.3 Å². The van der Waals surface area contributed by atoms with E-state index in [4.69, 9.17) is 11.0 Å². The molecule has 0 fully saturated rings. The molecule has 0 aliphatic heterocycles. The van der Waals surface area contributed by atoms with Gasteiger partial charge in [-0.05, 0) is 65.4 Å². The molecule has 8 heteroatoms. The van der Waals surface area contributed by atoms with Crippen LogP contribution in [0.3, 0.4) is 0 Å². The number of nitrogens with two attached hydrogens (primary N) is 1. The number of nitrogen functional groups attached to an aromatic ring is 1. The number of rotatable bonds is 4. The summed E-state index contributed by atoms with van der Waals surface area (Å²) < 4.78 is 0. The molecule has 162 valence electrons. The Hall–Kier alpha value is -4.77. The summed E-state index contributed by atoms with van der Waals surface area (Å²) in [5.74, 6) is -1.42. The summed E-state index contributed by atoms with van der Waals surface area (Å²) in [5.41, 5.74) is 10.9. The normalized spacial score (nSPS) is 10.4. The van der Waals surface area contributed by atoms with Crippen molar-refractivity contribution < 1.29 is 9.59 Å². The lowest BCUT2D eigenvalue weighted by molar-refractivity contribution is -0.136. The summed E-state index contributed by atoms with van der Waals surface area (Å²) >= 11 is 0. The number of aryl methyl sites for hydroxylation is 1. The highest BCUT2D eigenvalue weighted by molar-refractivity contribution is 6.39. The fourth-order valence-corrected chi connectivity index (χ4v) is 3.46. The molecule has 2 aromatic heterocycles. The number of carbonyl (C=O) groups excluding carboxylic acids is 2. The topological polar surface area (TPSA) is 134 Å². The quantitative estimate of drug-likeness (QED) is 0.332. The molecular formula is C25H20N6O2. The van der Waals surface area contributed by atoms with E-state index < -0.39 is 11.8 Å². The van der Waals surface area contributed by atoms with Crippen LogP contribution in [0.15, 0.2) is 67.1 Å². The summed E-state index contributed by atoms with van der Waals surface area (Å²) in [4.78, 5) is 33.0. The van der Waals surface area contributed by atoms with Crippen LogP contribution in [-0.4, -0.2) is 21.8 Å². The Balaban J connectivity index is 1.51. The predicted molar refractivity (Wildman–Crippen MR) is 126 cm³/mol. The first-order valence-electron chi connectivity index (χ1n) is 10.1. The lowest BCUT2D eigenvalue weighted by Gasteiger charge is -2.11. The number of fused-ring (bicyclic) bond motifs is 1. The number of anilines is 2. The lowest BCUT2D eigenvalue weighted by Crippen LogP contribution is -2.35. The highest BCUT2D eigenvalue weighted by atomic mass is 16.2. The Morgan fingerprint density at radius 3 is 2.73 bits per heavy atom. The molecule has 0 atom stereocenters. The van der Waals surface area contributed by atoms with E-state index in [1.807, 2.05) is 31.2 Å². The number of aromatic nitrogens is 2. The Kier molecular flexibility index (Phi) is 5.96. The summed E-state index contributed by atoms with van der Waals surface area (Å²) in [7, 11) is 0. The molecule has 0 spiro atoms. The van der Waals surface area contributed by atoms with Gasteiger partial charge in [0.25, 0.3) is 0 Å². The number of amides is 2. The highest BCUT2D eigenvalue weighted by Gasteiger charge is 2.15. The van der Waals surface area contributed by atoms with Gasteiger partial charge >= 0.3 is 11.8 Å². The number of benzene rings is 2. The first kappa shape index (κ1) is 21.5. The van der Waals surface area contributed by atoms with E-state index in [-0.39, 0.29) is 12.4 Å². The number of carbonyl (C=O) groups is 2. The molecule has 2 heterocycles. The number of nitrogens with zero attached hydrogens (tertiary/aromatic N) is 3. The van der Waals surface area contributed by atoms with Crippen molar-refractivity contribution in [1.82, 2.24) is 15.3 Å². The van der Waals surface area contributed by atoms with E-state index in [1.165, 1.54) is 0 Å². The zero-order valence-corrected chi connectivity index (χ0v) is 17.8. The molecule has 4 N–H and O–H groups in total. The number of hydrogen-bond donors (Lipinski definition) is 3. The zero-order valence-electron chi connectivity index (χ0n) is 17.8. The van der Waals surface area contributed by atoms with Crippen LogP contribution in [0.2, 0.25) is 0 Å². The summed E-state index contributed by atoms with van der Waals surface area (Å²) in [6.45, 7) is 2.11. The van der Waals surface area contributed by atoms with Crippen molar-refractivity contribution in [3.05, 3.63) is 83.8 Å². The van der Waals surface area contributed by atoms with Gasteiger partial charge in [-0.3, -0.25) is 14.6 Å². The standard InChI is InChI=1S/C25H20N6O2/c1-15-5-6-28-13-20(15)18-8-19-10-23(29-14-21(19)22(27)9-18)31-25(33)24(32)30-12-17-4-2-3-16(7-17)11-26/h2-10,13-14H,12,27H2,1H3,(H,30,32)(H,29,31,33). The molecule has 33 heavy (non-hydrogen) atoms. The van der Waals surface area contributed by atoms with Crippen LogP contribution in [0.1, 0.15) is 16.7 Å². The molecule has 0 unspecified atom stereocenters. The number of pyridine rings is 2. The SMILES string of the molecule is Cc1ccncc1-c1cc(N)c2cnc(NC(=O)C(=O)NCc3cccc(C#N)c3)cc2c1. The van der Waals surface area contributed by atoms with Crippen LogP contribution in [0.5, 0.6) is 0 Å². The molecule has 0 saturated heterocycles. The van der Waals surface area contributed by atoms with Crippen LogP contribution >= 0.6 is 0 Å². The van der Waals surface area contributed by atoms with Gasteiger partial charge in [0.2, 0.25) is 0 Å². The average Bonchev–Trinajstić information content (AvgIpc) is 2.82. The predicted octanol–water partition coefficient (Wildman–Crippen LogP) is 3.31. The molecule has 0 aliphatic rings. The van der Waals surface area contributed by atoms with Gasteiger partial charge in [-0.1, -0.05) is 12.1 Å². The summed E-state index contributed by atoms with van der Waals surface area (Å²) in [6, 6.07) is 16.2. The van der Waals surface area contributed by atoms with Gasteiger partial charge in [-0.25, -0.2) is 4.98 Å². The molecule has 0 aliphatic carbocycles. The molecule has 2 aromatic carbocycles. The van der Waals surface area contributed by atoms with Gasteiger partial charge < -0.3 is 16.4 Å². The Labute approximate surface area is 190 Å². The Morgan fingerprint density at radius 1 is 1.09 bits per heavy atom. The maximum Gasteiger partial charge on any atom is 0.314 e. The molecule has 4 aromatic rings. The van der Waals surface area contributed by atoms with Crippen molar-refractivity contribution in [3.8, 4) is 17.2 Å². The maximum atomic E-state index is 12.3. The third-order valence-corrected chi connectivity index (χ3v) is 5.18. The van der Waals surface area contributed by atoms with Crippen molar-refractivity contribution in [2.75, 3.05) is 11.1 Å². The second-order valence-corrected chi connectivity index (χ2v) is 7.50. The molecule has 2 amide bonds. The second kappa shape index (κ2) is 9.16. The van der Waals surface area contributed by atoms with E-state index >= 15 is 0 Å². The van der Waals surface area contributed by atoms with Gasteiger partial charge in [0.05, 0.1) is 11.6 Å². The number of nitriles is 1. The van der Waals surface area contributed by atoms with Crippen molar-refractivity contribution in [1.29, 1.82) is 5.26 Å². The van der Waals surface area contributed by atoms with E-state index in [0.717, 1.165) is 27.5 Å². The van der Waals surface area contributed by atoms with Crippen LogP contribution in [-0.2, 0) is 16.1 Å². The van der Waals surface area contributed by atoms with Crippen molar-refractivity contribution in [2.24, 2.45) is 0 Å². The molecule has 0 radical (unpaired) electrons. The fraction of sp³-hybridized carbons (Fsp3) is 0.0800. The smallest absolute Gasteiger partial charge is 0.314 e. The van der Waals surface area contributed by atoms with Crippen LogP contribution in [0.25, 0.3) is 21.9 Å². The average molecular weight is 436 g/mol. The molecule has 4 rings (SSSR count). The minimum Gasteiger partial charge on any atom is -0.398 e. The minimum absolute atomic E-state index is 0.122. The highest BCUT2D eigenvalue weighted by Crippen LogP contribution is 2.31. The van der Waals surface area contributed by atoms with E-state index in [2.05, 4.69) is 20.6 Å². The van der Waals surface area contributed by atoms with Gasteiger partial charge in [0.1, 0.15) is 5.82 Å². The van der Waals surface area contributed by atoms with Gasteiger partial charge in [0.15, 0.2) is 0 Å². The first-order valence-corrected chi connectivity index (χ1v) is 10.1. The second-order valence-electron chi connectivity index (χ2n) is 7.50. The first-order chi connectivity index (χ1) is 15.9. The third-order valence-electron chi connectivity index (χ3n) is 5.18. The van der Waals surface area contributed by atoms with E-state index in [1.54, 1.807) is 48.9 Å². The minimum atomic E-state index is -0.842. The summed E-state index contributed by atoms with van der Waals surface area (Å²) in [6.07, 6.45) is 5.06. The summed E-state index contributed by atoms with van der Waals surface area (Å²) in [5, 5.41) is 15.5. The van der Waals surface area contributed by atoms with E-state index in [0.29, 0.717) is 16.8 Å².